The highest BCUT2D eigenvalue weighted by atomic mass is 79.9. The van der Waals surface area contributed by atoms with Gasteiger partial charge in [0.1, 0.15) is 11.5 Å². The molecule has 6 nitrogen and oxygen atoms in total. The lowest BCUT2D eigenvalue weighted by molar-refractivity contribution is -0.140. The Kier molecular flexibility index (Phi) is 5.61. The maximum atomic E-state index is 13.0. The summed E-state index contributed by atoms with van der Waals surface area (Å²) in [6.45, 7) is 1.95. The maximum Gasteiger partial charge on any atom is 0.296 e. The highest BCUT2D eigenvalue weighted by Gasteiger charge is 2.46. The van der Waals surface area contributed by atoms with Crippen molar-refractivity contribution in [3.63, 3.8) is 0 Å². The van der Waals surface area contributed by atoms with Crippen molar-refractivity contribution in [1.82, 2.24) is 9.88 Å². The van der Waals surface area contributed by atoms with E-state index in [4.69, 9.17) is 0 Å². The SMILES string of the molecule is Cc1cc(/C(O)=C2/C(=O)C(=O)N(Cc3ccccn3)C2c2cccc(O)c2)ccc1Br. The molecule has 156 valence electrons. The van der Waals surface area contributed by atoms with Crippen LogP contribution in [-0.2, 0) is 16.1 Å². The number of aryl methyl sites for hydroxylation is 1. The van der Waals surface area contributed by atoms with Crippen LogP contribution in [0.4, 0.5) is 0 Å². The van der Waals surface area contributed by atoms with Gasteiger partial charge < -0.3 is 15.1 Å². The molecular formula is C24H19BrN2O4. The number of ketones is 1. The van der Waals surface area contributed by atoms with Crippen LogP contribution in [0.25, 0.3) is 5.76 Å². The number of amides is 1. The quantitative estimate of drug-likeness (QED) is 0.327. The summed E-state index contributed by atoms with van der Waals surface area (Å²) in [4.78, 5) is 31.6. The highest BCUT2D eigenvalue weighted by Crippen LogP contribution is 2.41. The van der Waals surface area contributed by atoms with E-state index in [9.17, 15) is 19.8 Å². The Balaban J connectivity index is 1.88. The summed E-state index contributed by atoms with van der Waals surface area (Å²) >= 11 is 3.42. The van der Waals surface area contributed by atoms with E-state index in [0.717, 1.165) is 10.0 Å². The number of carbonyl (C=O) groups excluding carboxylic acids is 2. The topological polar surface area (TPSA) is 90.7 Å². The van der Waals surface area contributed by atoms with Crippen LogP contribution in [0.2, 0.25) is 0 Å². The first-order valence-corrected chi connectivity index (χ1v) is 10.4. The molecule has 1 aromatic heterocycles. The molecule has 0 radical (unpaired) electrons. The van der Waals surface area contributed by atoms with Crippen LogP contribution in [0.3, 0.4) is 0 Å². The fourth-order valence-corrected chi connectivity index (χ4v) is 3.94. The zero-order valence-corrected chi connectivity index (χ0v) is 18.2. The molecule has 4 rings (SSSR count). The number of nitrogens with zero attached hydrogens (tertiary/aromatic N) is 2. The molecule has 2 N–H and O–H groups in total. The Morgan fingerprint density at radius 2 is 1.90 bits per heavy atom. The number of aromatic nitrogens is 1. The van der Waals surface area contributed by atoms with Crippen molar-refractivity contribution in [3.05, 3.63) is 99.3 Å². The number of hydrogen-bond acceptors (Lipinski definition) is 5. The Morgan fingerprint density at radius 3 is 2.58 bits per heavy atom. The number of pyridine rings is 1. The smallest absolute Gasteiger partial charge is 0.296 e. The van der Waals surface area contributed by atoms with Gasteiger partial charge in [-0.3, -0.25) is 14.6 Å². The second kappa shape index (κ2) is 8.35. The summed E-state index contributed by atoms with van der Waals surface area (Å²) in [7, 11) is 0. The number of aliphatic hydroxyl groups is 1. The third kappa shape index (κ3) is 3.96. The molecule has 3 aromatic rings. The molecular weight excluding hydrogens is 460 g/mol. The number of phenolic OH excluding ortho intramolecular Hbond substituents is 1. The molecule has 1 aliphatic rings. The van der Waals surface area contributed by atoms with Crippen molar-refractivity contribution in [2.75, 3.05) is 0 Å². The molecule has 1 saturated heterocycles. The van der Waals surface area contributed by atoms with E-state index in [2.05, 4.69) is 20.9 Å². The van der Waals surface area contributed by atoms with Gasteiger partial charge >= 0.3 is 0 Å². The normalized spacial score (nSPS) is 17.9. The molecule has 2 heterocycles. The predicted octanol–water partition coefficient (Wildman–Crippen LogP) is 4.48. The number of rotatable bonds is 4. The van der Waals surface area contributed by atoms with Crippen molar-refractivity contribution in [2.24, 2.45) is 0 Å². The molecule has 1 amide bonds. The van der Waals surface area contributed by atoms with Gasteiger partial charge in [0.2, 0.25) is 0 Å². The number of Topliss-reactive ketones (excluding diaryl/α,β-unsaturated/α-hetero) is 1. The van der Waals surface area contributed by atoms with Crippen molar-refractivity contribution >= 4 is 33.4 Å². The van der Waals surface area contributed by atoms with Gasteiger partial charge in [0.25, 0.3) is 11.7 Å². The molecule has 7 heteroatoms. The monoisotopic (exact) mass is 478 g/mol. The van der Waals surface area contributed by atoms with Crippen molar-refractivity contribution in [2.45, 2.75) is 19.5 Å². The van der Waals surface area contributed by atoms with Crippen molar-refractivity contribution in [3.8, 4) is 5.75 Å². The summed E-state index contributed by atoms with van der Waals surface area (Å²) < 4.78 is 0.865. The lowest BCUT2D eigenvalue weighted by Crippen LogP contribution is -2.29. The average molecular weight is 479 g/mol. The van der Waals surface area contributed by atoms with Crippen LogP contribution in [0, 0.1) is 6.92 Å². The van der Waals surface area contributed by atoms with Crippen LogP contribution < -0.4 is 0 Å². The fourth-order valence-electron chi connectivity index (χ4n) is 3.70. The number of aliphatic hydroxyl groups excluding tert-OH is 1. The summed E-state index contributed by atoms with van der Waals surface area (Å²) in [5.41, 5.74) is 2.41. The molecule has 0 saturated carbocycles. The number of aromatic hydroxyl groups is 1. The average Bonchev–Trinajstić information content (AvgIpc) is 3.01. The third-order valence-corrected chi connectivity index (χ3v) is 6.11. The number of halogens is 1. The Hall–Kier alpha value is -3.45. The van der Waals surface area contributed by atoms with Crippen LogP contribution in [0.1, 0.15) is 28.4 Å². The molecule has 0 bridgehead atoms. The van der Waals surface area contributed by atoms with Crippen LogP contribution in [0.5, 0.6) is 5.75 Å². The van der Waals surface area contributed by atoms with Gasteiger partial charge in [0.15, 0.2) is 0 Å². The number of carbonyl (C=O) groups is 2. The highest BCUT2D eigenvalue weighted by molar-refractivity contribution is 9.10. The minimum atomic E-state index is -0.863. The van der Waals surface area contributed by atoms with Crippen molar-refractivity contribution in [1.29, 1.82) is 0 Å². The molecule has 1 unspecified atom stereocenters. The molecule has 0 aliphatic carbocycles. The number of hydrogen-bond donors (Lipinski definition) is 2. The number of likely N-dealkylation sites (tertiary alicyclic amines) is 1. The van der Waals surface area contributed by atoms with Gasteiger partial charge in [-0.1, -0.05) is 40.2 Å². The lowest BCUT2D eigenvalue weighted by Gasteiger charge is -2.25. The van der Waals surface area contributed by atoms with E-state index < -0.39 is 17.7 Å². The van der Waals surface area contributed by atoms with Crippen LogP contribution >= 0.6 is 15.9 Å². The van der Waals surface area contributed by atoms with E-state index in [0.29, 0.717) is 16.8 Å². The molecule has 31 heavy (non-hydrogen) atoms. The van der Waals surface area contributed by atoms with Crippen molar-refractivity contribution < 1.29 is 19.8 Å². The van der Waals surface area contributed by atoms with E-state index >= 15 is 0 Å². The second-order valence-electron chi connectivity index (χ2n) is 7.31. The molecule has 0 spiro atoms. The summed E-state index contributed by atoms with van der Waals surface area (Å²) in [6.07, 6.45) is 1.61. The van der Waals surface area contributed by atoms with E-state index in [1.807, 2.05) is 6.92 Å². The second-order valence-corrected chi connectivity index (χ2v) is 8.16. The van der Waals surface area contributed by atoms with E-state index in [1.165, 1.54) is 17.0 Å². The van der Waals surface area contributed by atoms with E-state index in [-0.39, 0.29) is 23.6 Å². The predicted molar refractivity (Wildman–Crippen MR) is 119 cm³/mol. The first kappa shape index (κ1) is 20.8. The van der Waals surface area contributed by atoms with Crippen LogP contribution in [-0.4, -0.2) is 31.8 Å². The molecule has 1 atom stereocenters. The first-order chi connectivity index (χ1) is 14.9. The summed E-state index contributed by atoms with van der Waals surface area (Å²) in [5.74, 6) is -1.76. The minimum Gasteiger partial charge on any atom is -0.508 e. The van der Waals surface area contributed by atoms with Gasteiger partial charge in [-0.15, -0.1) is 0 Å². The molecule has 1 fully saturated rings. The number of benzene rings is 2. The fraction of sp³-hybridized carbons (Fsp3) is 0.125. The zero-order chi connectivity index (χ0) is 22.1. The van der Waals surface area contributed by atoms with Gasteiger partial charge in [-0.25, -0.2) is 0 Å². The van der Waals surface area contributed by atoms with Gasteiger partial charge in [0.05, 0.1) is 23.9 Å². The number of phenols is 1. The van der Waals surface area contributed by atoms with Gasteiger partial charge in [0, 0.05) is 16.2 Å². The molecule has 2 aromatic carbocycles. The van der Waals surface area contributed by atoms with Gasteiger partial charge in [-0.05, 0) is 54.4 Å². The molecule has 1 aliphatic heterocycles. The summed E-state index contributed by atoms with van der Waals surface area (Å²) in [5, 5.41) is 21.1. The Bertz CT molecular complexity index is 1210. The third-order valence-electron chi connectivity index (χ3n) is 5.22. The largest absolute Gasteiger partial charge is 0.508 e. The van der Waals surface area contributed by atoms with Gasteiger partial charge in [-0.2, -0.15) is 0 Å². The lowest BCUT2D eigenvalue weighted by atomic mass is 9.94. The maximum absolute atomic E-state index is 13.0. The minimum absolute atomic E-state index is 0.000380. The first-order valence-electron chi connectivity index (χ1n) is 9.60. The van der Waals surface area contributed by atoms with E-state index in [1.54, 1.807) is 54.7 Å². The zero-order valence-electron chi connectivity index (χ0n) is 16.6. The Labute approximate surface area is 187 Å². The standard InChI is InChI=1S/C24H19BrN2O4/c1-14-11-16(8-9-19(14)25)22(29)20-21(15-5-4-7-18(28)12-15)27(24(31)23(20)30)13-17-6-2-3-10-26-17/h2-12,21,28-29H,13H2,1H3/b22-20-. The summed E-state index contributed by atoms with van der Waals surface area (Å²) in [6, 6.07) is 16.0. The van der Waals surface area contributed by atoms with Crippen LogP contribution in [0.15, 0.2) is 76.9 Å². The Morgan fingerprint density at radius 1 is 1.10 bits per heavy atom.